The first-order valence-electron chi connectivity index (χ1n) is 7.71. The van der Waals surface area contributed by atoms with Crippen LogP contribution in [0.1, 0.15) is 10.4 Å². The third kappa shape index (κ3) is 4.23. The first-order valence-corrected chi connectivity index (χ1v) is 13.1. The van der Waals surface area contributed by atoms with E-state index in [1.807, 2.05) is 13.0 Å². The molecule has 2 aromatic carbocycles. The lowest BCUT2D eigenvalue weighted by atomic mass is 10.2. The molecule has 0 saturated carbocycles. The zero-order valence-electron chi connectivity index (χ0n) is 14.3. The fraction of sp³-hybridized carbons (Fsp3) is 0.0556. The molecule has 10 heteroatoms. The summed E-state index contributed by atoms with van der Waals surface area (Å²) in [7, 11) is -7.81. The summed E-state index contributed by atoms with van der Waals surface area (Å²) < 4.78 is 44.8. The molecule has 28 heavy (non-hydrogen) atoms. The van der Waals surface area contributed by atoms with Crippen molar-refractivity contribution >= 4 is 62.9 Å². The Bertz CT molecular complexity index is 1310. The minimum atomic E-state index is -4.22. The molecule has 1 unspecified atom stereocenters. The van der Waals surface area contributed by atoms with E-state index in [4.69, 9.17) is 0 Å². The Balaban J connectivity index is 2.35. The van der Waals surface area contributed by atoms with Crippen LogP contribution in [0.4, 0.5) is 0 Å². The second-order valence-electron chi connectivity index (χ2n) is 5.71. The highest BCUT2D eigenvalue weighted by Gasteiger charge is 2.27. The van der Waals surface area contributed by atoms with Gasteiger partial charge in [0.1, 0.15) is 20.7 Å². The zero-order chi connectivity index (χ0) is 20.5. The van der Waals surface area contributed by atoms with Gasteiger partial charge in [0.05, 0.1) is 18.5 Å². The molecule has 0 spiro atoms. The Labute approximate surface area is 184 Å². The van der Waals surface area contributed by atoms with Crippen LogP contribution in [0.5, 0.6) is 0 Å². The second kappa shape index (κ2) is 8.08. The van der Waals surface area contributed by atoms with Crippen molar-refractivity contribution in [2.75, 3.05) is 0 Å². The number of halogens is 2. The van der Waals surface area contributed by atoms with Crippen molar-refractivity contribution in [3.8, 4) is 6.07 Å². The van der Waals surface area contributed by atoms with Crippen LogP contribution in [0.25, 0.3) is 0 Å². The molecule has 0 bridgehead atoms. The summed E-state index contributed by atoms with van der Waals surface area (Å²) in [6.45, 7) is 1.84. The molecule has 1 atom stereocenters. The van der Waals surface area contributed by atoms with Gasteiger partial charge in [-0.1, -0.05) is 43.5 Å². The van der Waals surface area contributed by atoms with Gasteiger partial charge in [-0.2, -0.15) is 13.7 Å². The molecule has 1 aromatic heterocycles. The molecule has 1 heterocycles. The molecule has 0 N–H and O–H groups in total. The predicted molar refractivity (Wildman–Crippen MR) is 116 cm³/mol. The Morgan fingerprint density at radius 2 is 1.68 bits per heavy atom. The summed E-state index contributed by atoms with van der Waals surface area (Å²) in [4.78, 5) is 0.628. The fourth-order valence-electron chi connectivity index (χ4n) is 2.34. The average molecular weight is 560 g/mol. The number of hydrogen-bond donors (Lipinski definition) is 0. The number of thiophene rings is 1. The first-order chi connectivity index (χ1) is 13.2. The minimum Gasteiger partial charge on any atom is -0.239 e. The normalized spacial score (nSPS) is 13.5. The van der Waals surface area contributed by atoms with E-state index in [9.17, 15) is 17.9 Å². The van der Waals surface area contributed by atoms with Crippen molar-refractivity contribution in [1.82, 2.24) is 0 Å². The number of nitriles is 1. The van der Waals surface area contributed by atoms with Crippen LogP contribution in [0.2, 0.25) is 0 Å². The summed E-state index contributed by atoms with van der Waals surface area (Å²) in [5.74, 6) is 0. The molecule has 0 aliphatic carbocycles. The van der Waals surface area contributed by atoms with Gasteiger partial charge >= 0.3 is 0 Å². The van der Waals surface area contributed by atoms with E-state index < -0.39 is 19.8 Å². The SMILES string of the molecule is Cc1ccc(S(=O)(=O)N=S(=O)(c2cccc(Br)c2)c2cc(C#N)sc2Br)cc1. The topological polar surface area (TPSA) is 87.4 Å². The Morgan fingerprint density at radius 1 is 1.00 bits per heavy atom. The van der Waals surface area contributed by atoms with Gasteiger partial charge < -0.3 is 0 Å². The Morgan fingerprint density at radius 3 is 2.25 bits per heavy atom. The van der Waals surface area contributed by atoms with Crippen LogP contribution in [-0.2, 0) is 19.8 Å². The van der Waals surface area contributed by atoms with Gasteiger partial charge in [-0.3, -0.25) is 0 Å². The second-order valence-corrected chi connectivity index (χ2v) is 13.0. The fourth-order valence-corrected chi connectivity index (χ4v) is 9.19. The minimum absolute atomic E-state index is 0.0484. The van der Waals surface area contributed by atoms with E-state index in [2.05, 4.69) is 35.6 Å². The number of benzene rings is 2. The molecule has 3 aromatic rings. The van der Waals surface area contributed by atoms with Crippen molar-refractivity contribution < 1.29 is 12.6 Å². The summed E-state index contributed by atoms with van der Waals surface area (Å²) in [5.41, 5.74) is 0.894. The number of aryl methyl sites for hydroxylation is 1. The molecule has 0 amide bonds. The average Bonchev–Trinajstić information content (AvgIpc) is 3.03. The van der Waals surface area contributed by atoms with Crippen molar-refractivity contribution in [3.05, 3.63) is 73.3 Å². The van der Waals surface area contributed by atoms with Gasteiger partial charge in [0.15, 0.2) is 0 Å². The quantitative estimate of drug-likeness (QED) is 0.408. The molecule has 0 aliphatic rings. The van der Waals surface area contributed by atoms with Gasteiger partial charge in [-0.05, 0) is 59.3 Å². The molecule has 5 nitrogen and oxygen atoms in total. The lowest BCUT2D eigenvalue weighted by molar-refractivity contribution is 0.598. The number of hydrogen-bond acceptors (Lipinski definition) is 5. The molecular weight excluding hydrogens is 548 g/mol. The summed E-state index contributed by atoms with van der Waals surface area (Å²) >= 11 is 7.70. The first kappa shape index (κ1) is 21.2. The molecule has 3 rings (SSSR count). The third-order valence-electron chi connectivity index (χ3n) is 3.70. The smallest absolute Gasteiger partial charge is 0.239 e. The van der Waals surface area contributed by atoms with E-state index in [1.165, 1.54) is 18.2 Å². The van der Waals surface area contributed by atoms with Crippen molar-refractivity contribution in [1.29, 1.82) is 5.26 Å². The van der Waals surface area contributed by atoms with Gasteiger partial charge in [0.25, 0.3) is 10.0 Å². The molecule has 0 fully saturated rings. The van der Waals surface area contributed by atoms with Gasteiger partial charge in [-0.25, -0.2) is 4.21 Å². The van der Waals surface area contributed by atoms with Crippen molar-refractivity contribution in [3.63, 3.8) is 0 Å². The maximum atomic E-state index is 14.0. The maximum absolute atomic E-state index is 14.0. The lowest BCUT2D eigenvalue weighted by Gasteiger charge is -2.11. The summed E-state index contributed by atoms with van der Waals surface area (Å²) in [5, 5.41) is 9.18. The highest BCUT2D eigenvalue weighted by Crippen LogP contribution is 2.38. The van der Waals surface area contributed by atoms with E-state index in [0.29, 0.717) is 13.1 Å². The Hall–Kier alpha value is -1.51. The highest BCUT2D eigenvalue weighted by atomic mass is 79.9. The molecular formula is C18H12Br2N2O3S3. The summed E-state index contributed by atoms with van der Waals surface area (Å²) in [6.07, 6.45) is 0. The molecule has 0 aliphatic heterocycles. The van der Waals surface area contributed by atoms with Gasteiger partial charge in [0.2, 0.25) is 0 Å². The number of sulfonamides is 1. The van der Waals surface area contributed by atoms with E-state index in [-0.39, 0.29) is 14.7 Å². The maximum Gasteiger partial charge on any atom is 0.290 e. The van der Waals surface area contributed by atoms with Crippen LogP contribution in [0.3, 0.4) is 0 Å². The van der Waals surface area contributed by atoms with Gasteiger partial charge in [0, 0.05) is 4.47 Å². The van der Waals surface area contributed by atoms with Crippen LogP contribution < -0.4 is 0 Å². The molecule has 0 radical (unpaired) electrons. The predicted octanol–water partition coefficient (Wildman–Crippen LogP) is 5.73. The van der Waals surface area contributed by atoms with Crippen LogP contribution in [-0.4, -0.2) is 12.6 Å². The summed E-state index contributed by atoms with van der Waals surface area (Å²) in [6, 6.07) is 16.1. The third-order valence-corrected chi connectivity index (χ3v) is 10.6. The van der Waals surface area contributed by atoms with E-state index in [0.717, 1.165) is 16.9 Å². The van der Waals surface area contributed by atoms with Gasteiger partial charge in [-0.15, -0.1) is 11.3 Å². The lowest BCUT2D eigenvalue weighted by Crippen LogP contribution is -2.07. The largest absolute Gasteiger partial charge is 0.290 e. The number of nitrogens with zero attached hydrogens (tertiary/aromatic N) is 2. The van der Waals surface area contributed by atoms with Crippen LogP contribution in [0, 0.1) is 18.3 Å². The standard InChI is InChI=1S/C18H12Br2N2O3S3/c1-12-5-7-15(8-6-12)28(24,25)22-27(23,16-4-2-3-13(19)9-16)17-10-14(11-21)26-18(17)20/h2-10H,1H3. The molecule has 144 valence electrons. The van der Waals surface area contributed by atoms with Crippen molar-refractivity contribution in [2.24, 2.45) is 3.77 Å². The van der Waals surface area contributed by atoms with Crippen LogP contribution >= 0.6 is 43.2 Å². The van der Waals surface area contributed by atoms with Crippen LogP contribution in [0.15, 0.2) is 81.3 Å². The zero-order valence-corrected chi connectivity index (χ0v) is 19.9. The van der Waals surface area contributed by atoms with E-state index in [1.54, 1.807) is 36.4 Å². The highest BCUT2D eigenvalue weighted by molar-refractivity contribution is 9.11. The molecule has 0 saturated heterocycles. The van der Waals surface area contributed by atoms with E-state index >= 15 is 0 Å². The van der Waals surface area contributed by atoms with Crippen molar-refractivity contribution in [2.45, 2.75) is 21.6 Å². The monoisotopic (exact) mass is 558 g/mol. The number of rotatable bonds is 4. The Kier molecular flexibility index (Phi) is 6.12.